The number of unbranched alkanes of at least 4 members (excludes halogenated alkanes) is 6. The SMILES string of the molecule is CCCCCCCCC=CC(=O)OCCN1CC1. The topological polar surface area (TPSA) is 29.3 Å². The van der Waals surface area contributed by atoms with Crippen LogP contribution in [0.2, 0.25) is 0 Å². The molecule has 1 aliphatic heterocycles. The molecule has 0 aromatic heterocycles. The number of hydrogen-bond donors (Lipinski definition) is 0. The largest absolute Gasteiger partial charge is 0.461 e. The van der Waals surface area contributed by atoms with Gasteiger partial charge in [-0.15, -0.1) is 0 Å². The van der Waals surface area contributed by atoms with E-state index >= 15 is 0 Å². The molecule has 0 aromatic rings. The number of hydrogen-bond acceptors (Lipinski definition) is 3. The van der Waals surface area contributed by atoms with Gasteiger partial charge in [-0.25, -0.2) is 4.79 Å². The standard InChI is InChI=1S/C15H27NO2/c1-2-3-4-5-6-7-8-9-10-15(17)18-14-13-16-11-12-16/h9-10H,2-8,11-14H2,1H3. The van der Waals surface area contributed by atoms with Crippen molar-refractivity contribution in [2.45, 2.75) is 51.9 Å². The highest BCUT2D eigenvalue weighted by Gasteiger charge is 2.16. The van der Waals surface area contributed by atoms with Gasteiger partial charge >= 0.3 is 5.97 Å². The Morgan fingerprint density at radius 1 is 1.17 bits per heavy atom. The fraction of sp³-hybridized carbons (Fsp3) is 0.800. The molecule has 1 heterocycles. The zero-order valence-electron chi connectivity index (χ0n) is 11.7. The minimum atomic E-state index is -0.192. The maximum atomic E-state index is 11.3. The Balaban J connectivity index is 1.83. The second kappa shape index (κ2) is 10.1. The van der Waals surface area contributed by atoms with Crippen LogP contribution in [0, 0.1) is 0 Å². The smallest absolute Gasteiger partial charge is 0.330 e. The summed E-state index contributed by atoms with van der Waals surface area (Å²) in [5.41, 5.74) is 0. The molecule has 1 fully saturated rings. The molecule has 0 N–H and O–H groups in total. The van der Waals surface area contributed by atoms with Crippen molar-refractivity contribution in [1.82, 2.24) is 4.90 Å². The molecule has 3 heteroatoms. The first-order valence-corrected chi connectivity index (χ1v) is 7.38. The molecule has 0 spiro atoms. The van der Waals surface area contributed by atoms with E-state index in [2.05, 4.69) is 11.8 Å². The summed E-state index contributed by atoms with van der Waals surface area (Å²) in [5.74, 6) is -0.192. The molecule has 1 saturated heterocycles. The highest BCUT2D eigenvalue weighted by Crippen LogP contribution is 2.07. The average Bonchev–Trinajstić information content (AvgIpc) is 3.17. The maximum Gasteiger partial charge on any atom is 0.330 e. The molecule has 0 bridgehead atoms. The van der Waals surface area contributed by atoms with Gasteiger partial charge in [-0.1, -0.05) is 45.1 Å². The predicted molar refractivity (Wildman–Crippen MR) is 74.5 cm³/mol. The number of esters is 1. The molecule has 18 heavy (non-hydrogen) atoms. The Labute approximate surface area is 111 Å². The van der Waals surface area contributed by atoms with Gasteiger partial charge in [0.2, 0.25) is 0 Å². The Hall–Kier alpha value is -0.830. The second-order valence-corrected chi connectivity index (χ2v) is 4.97. The molecule has 1 aliphatic rings. The van der Waals surface area contributed by atoms with E-state index in [-0.39, 0.29) is 5.97 Å². The average molecular weight is 253 g/mol. The lowest BCUT2D eigenvalue weighted by molar-refractivity contribution is -0.137. The molecule has 0 aromatic carbocycles. The quantitative estimate of drug-likeness (QED) is 0.245. The monoisotopic (exact) mass is 253 g/mol. The summed E-state index contributed by atoms with van der Waals surface area (Å²) in [6.45, 7) is 5.96. The van der Waals surface area contributed by atoms with Gasteiger partial charge in [-0.2, -0.15) is 0 Å². The normalized spacial score (nSPS) is 15.2. The van der Waals surface area contributed by atoms with Crippen LogP contribution in [0.15, 0.2) is 12.2 Å². The maximum absolute atomic E-state index is 11.3. The van der Waals surface area contributed by atoms with E-state index in [1.165, 1.54) is 38.5 Å². The van der Waals surface area contributed by atoms with E-state index < -0.39 is 0 Å². The van der Waals surface area contributed by atoms with Crippen molar-refractivity contribution in [3.8, 4) is 0 Å². The summed E-state index contributed by atoms with van der Waals surface area (Å²) < 4.78 is 5.09. The molecule has 104 valence electrons. The Morgan fingerprint density at radius 3 is 2.61 bits per heavy atom. The van der Waals surface area contributed by atoms with Crippen molar-refractivity contribution in [2.75, 3.05) is 26.2 Å². The number of rotatable bonds is 11. The molecular weight excluding hydrogens is 226 g/mol. The van der Waals surface area contributed by atoms with Crippen LogP contribution < -0.4 is 0 Å². The summed E-state index contributed by atoms with van der Waals surface area (Å²) in [7, 11) is 0. The van der Waals surface area contributed by atoms with Crippen LogP contribution in [0.3, 0.4) is 0 Å². The molecule has 0 unspecified atom stereocenters. The third kappa shape index (κ3) is 9.23. The van der Waals surface area contributed by atoms with Gasteiger partial charge < -0.3 is 4.74 Å². The number of nitrogens with zero attached hydrogens (tertiary/aromatic N) is 1. The summed E-state index contributed by atoms with van der Waals surface area (Å²) in [5, 5.41) is 0. The van der Waals surface area contributed by atoms with Gasteiger partial charge in [0.25, 0.3) is 0 Å². The molecule has 0 amide bonds. The molecule has 1 rings (SSSR count). The van der Waals surface area contributed by atoms with Crippen molar-refractivity contribution in [3.63, 3.8) is 0 Å². The van der Waals surface area contributed by atoms with E-state index in [1.54, 1.807) is 6.08 Å². The van der Waals surface area contributed by atoms with E-state index in [4.69, 9.17) is 4.74 Å². The summed E-state index contributed by atoms with van der Waals surface area (Å²) >= 11 is 0. The lowest BCUT2D eigenvalue weighted by Gasteiger charge is -2.01. The van der Waals surface area contributed by atoms with Gasteiger partial charge in [0.05, 0.1) is 0 Å². The van der Waals surface area contributed by atoms with E-state index in [0.29, 0.717) is 6.61 Å². The van der Waals surface area contributed by atoms with Crippen LogP contribution in [0.1, 0.15) is 51.9 Å². The van der Waals surface area contributed by atoms with Crippen LogP contribution in [0.25, 0.3) is 0 Å². The Bertz CT molecular complexity index is 247. The first kappa shape index (κ1) is 15.2. The van der Waals surface area contributed by atoms with Crippen molar-refractivity contribution in [3.05, 3.63) is 12.2 Å². The zero-order chi connectivity index (χ0) is 13.1. The van der Waals surface area contributed by atoms with Crippen molar-refractivity contribution in [1.29, 1.82) is 0 Å². The molecule has 3 nitrogen and oxygen atoms in total. The molecular formula is C15H27NO2. The summed E-state index contributed by atoms with van der Waals surface area (Å²) in [4.78, 5) is 13.5. The van der Waals surface area contributed by atoms with Gasteiger partial charge in [0.1, 0.15) is 6.61 Å². The van der Waals surface area contributed by atoms with Gasteiger partial charge in [0, 0.05) is 25.7 Å². The Morgan fingerprint density at radius 2 is 1.89 bits per heavy atom. The second-order valence-electron chi connectivity index (χ2n) is 4.97. The van der Waals surface area contributed by atoms with Crippen molar-refractivity contribution >= 4 is 5.97 Å². The van der Waals surface area contributed by atoms with Gasteiger partial charge in [0.15, 0.2) is 0 Å². The fourth-order valence-corrected chi connectivity index (χ4v) is 1.84. The van der Waals surface area contributed by atoms with Crippen LogP contribution >= 0.6 is 0 Å². The predicted octanol–water partition coefficient (Wildman–Crippen LogP) is 3.15. The van der Waals surface area contributed by atoms with E-state index in [9.17, 15) is 4.79 Å². The summed E-state index contributed by atoms with van der Waals surface area (Å²) in [6.07, 6.45) is 12.3. The Kier molecular flexibility index (Phi) is 8.57. The lowest BCUT2D eigenvalue weighted by atomic mass is 10.1. The minimum Gasteiger partial charge on any atom is -0.461 e. The molecule has 0 saturated carbocycles. The zero-order valence-corrected chi connectivity index (χ0v) is 11.7. The first-order chi connectivity index (χ1) is 8.83. The number of carbonyl (C=O) groups is 1. The fourth-order valence-electron chi connectivity index (χ4n) is 1.84. The van der Waals surface area contributed by atoms with Crippen LogP contribution in [-0.2, 0) is 9.53 Å². The van der Waals surface area contributed by atoms with Gasteiger partial charge in [-0.3, -0.25) is 4.90 Å². The minimum absolute atomic E-state index is 0.192. The van der Waals surface area contributed by atoms with Crippen LogP contribution in [0.4, 0.5) is 0 Å². The molecule has 0 aliphatic carbocycles. The van der Waals surface area contributed by atoms with E-state index in [0.717, 1.165) is 26.1 Å². The van der Waals surface area contributed by atoms with Crippen molar-refractivity contribution < 1.29 is 9.53 Å². The lowest BCUT2D eigenvalue weighted by Crippen LogP contribution is -2.11. The molecule has 0 radical (unpaired) electrons. The highest BCUT2D eigenvalue weighted by atomic mass is 16.5. The number of ether oxygens (including phenoxy) is 1. The van der Waals surface area contributed by atoms with Gasteiger partial charge in [-0.05, 0) is 12.8 Å². The van der Waals surface area contributed by atoms with Crippen molar-refractivity contribution in [2.24, 2.45) is 0 Å². The van der Waals surface area contributed by atoms with Crippen LogP contribution in [-0.4, -0.2) is 37.1 Å². The third-order valence-corrected chi connectivity index (χ3v) is 3.17. The first-order valence-electron chi connectivity index (χ1n) is 7.38. The molecule has 0 atom stereocenters. The van der Waals surface area contributed by atoms with Crippen LogP contribution in [0.5, 0.6) is 0 Å². The highest BCUT2D eigenvalue weighted by molar-refractivity contribution is 5.81. The number of carbonyl (C=O) groups excluding carboxylic acids is 1. The number of allylic oxidation sites excluding steroid dienone is 1. The summed E-state index contributed by atoms with van der Waals surface area (Å²) in [6, 6.07) is 0. The third-order valence-electron chi connectivity index (χ3n) is 3.17. The van der Waals surface area contributed by atoms with E-state index in [1.807, 2.05) is 6.08 Å².